The lowest BCUT2D eigenvalue weighted by Gasteiger charge is -2.34. The second-order valence-corrected chi connectivity index (χ2v) is 6.39. The van der Waals surface area contributed by atoms with Crippen molar-refractivity contribution in [3.63, 3.8) is 0 Å². The van der Waals surface area contributed by atoms with Gasteiger partial charge in [-0.3, -0.25) is 4.99 Å². The summed E-state index contributed by atoms with van der Waals surface area (Å²) in [6.45, 7) is 7.28. The minimum absolute atomic E-state index is 0.327. The van der Waals surface area contributed by atoms with E-state index in [9.17, 15) is 0 Å². The summed E-state index contributed by atoms with van der Waals surface area (Å²) >= 11 is 0. The van der Waals surface area contributed by atoms with Crippen molar-refractivity contribution in [3.05, 3.63) is 30.3 Å². The van der Waals surface area contributed by atoms with Crippen LogP contribution in [0.5, 0.6) is 0 Å². The number of nitrogens with zero attached hydrogens (tertiary/aromatic N) is 1. The van der Waals surface area contributed by atoms with Gasteiger partial charge in [-0.2, -0.15) is 0 Å². The molecule has 0 aliphatic heterocycles. The third-order valence-electron chi connectivity index (χ3n) is 5.53. The van der Waals surface area contributed by atoms with Crippen LogP contribution in [0.4, 0.5) is 5.69 Å². The summed E-state index contributed by atoms with van der Waals surface area (Å²) in [5.74, 6) is 0.843. The lowest BCUT2D eigenvalue weighted by Crippen LogP contribution is -2.32. The Balaban J connectivity index is 2.00. The van der Waals surface area contributed by atoms with E-state index < -0.39 is 0 Å². The van der Waals surface area contributed by atoms with Crippen molar-refractivity contribution in [3.8, 4) is 0 Å². The molecule has 1 heteroatoms. The summed E-state index contributed by atoms with van der Waals surface area (Å²) in [4.78, 5) is 4.92. The van der Waals surface area contributed by atoms with E-state index in [2.05, 4.69) is 51.1 Å². The maximum absolute atomic E-state index is 4.92. The van der Waals surface area contributed by atoms with E-state index in [4.69, 9.17) is 4.99 Å². The average molecular weight is 227 g/mol. The lowest BCUT2D eigenvalue weighted by atomic mass is 9.70. The Labute approximate surface area is 104 Å². The molecule has 0 N–H and O–H groups in total. The summed E-state index contributed by atoms with van der Waals surface area (Å²) in [6.07, 6.45) is 3.91. The van der Waals surface area contributed by atoms with E-state index in [1.165, 1.54) is 25.0 Å². The van der Waals surface area contributed by atoms with E-state index in [-0.39, 0.29) is 0 Å². The third-order valence-corrected chi connectivity index (χ3v) is 5.53. The van der Waals surface area contributed by atoms with Crippen LogP contribution in [0.15, 0.2) is 35.3 Å². The number of para-hydroxylation sites is 1. The van der Waals surface area contributed by atoms with Crippen molar-refractivity contribution in [2.24, 2.45) is 21.7 Å². The Bertz CT molecular complexity index is 458. The number of aliphatic imine (C=N–C) groups is 1. The first-order valence-corrected chi connectivity index (χ1v) is 6.67. The van der Waals surface area contributed by atoms with Gasteiger partial charge in [0.25, 0.3) is 0 Å². The van der Waals surface area contributed by atoms with Gasteiger partial charge in [0, 0.05) is 11.1 Å². The molecular formula is C16H21N. The van der Waals surface area contributed by atoms with E-state index in [0.717, 1.165) is 11.6 Å². The number of hydrogen-bond donors (Lipinski definition) is 0. The van der Waals surface area contributed by atoms with Crippen molar-refractivity contribution in [2.75, 3.05) is 0 Å². The first-order chi connectivity index (χ1) is 8.04. The average Bonchev–Trinajstić information content (AvgIpc) is 2.63. The second-order valence-electron chi connectivity index (χ2n) is 6.39. The molecular weight excluding hydrogens is 206 g/mol. The molecule has 90 valence electrons. The third kappa shape index (κ3) is 1.41. The van der Waals surface area contributed by atoms with E-state index >= 15 is 0 Å². The zero-order valence-electron chi connectivity index (χ0n) is 11.0. The highest BCUT2D eigenvalue weighted by atomic mass is 14.8. The fourth-order valence-corrected chi connectivity index (χ4v) is 3.76. The fourth-order valence-electron chi connectivity index (χ4n) is 3.76. The van der Waals surface area contributed by atoms with Gasteiger partial charge < -0.3 is 0 Å². The van der Waals surface area contributed by atoms with Crippen LogP contribution < -0.4 is 0 Å². The standard InChI is InChI=1S/C16H21N/c1-15(2)12-9-10-16(15,3)14(11-12)17-13-7-5-4-6-8-13/h4-8,12H,9-11H2,1-3H3/t12-,16+/m0/s1. The summed E-state index contributed by atoms with van der Waals surface area (Å²) in [5, 5.41) is 0. The molecule has 2 saturated carbocycles. The van der Waals surface area contributed by atoms with Crippen LogP contribution in [0.3, 0.4) is 0 Å². The summed E-state index contributed by atoms with van der Waals surface area (Å²) < 4.78 is 0. The number of fused-ring (bicyclic) bond motifs is 2. The molecule has 17 heavy (non-hydrogen) atoms. The second kappa shape index (κ2) is 3.44. The molecule has 0 unspecified atom stereocenters. The molecule has 2 atom stereocenters. The topological polar surface area (TPSA) is 12.4 Å². The predicted octanol–water partition coefficient (Wildman–Crippen LogP) is 4.61. The summed E-state index contributed by atoms with van der Waals surface area (Å²) in [5.41, 5.74) is 3.31. The van der Waals surface area contributed by atoms with Crippen molar-refractivity contribution in [1.29, 1.82) is 0 Å². The molecule has 1 nitrogen and oxygen atoms in total. The maximum Gasteiger partial charge on any atom is 0.0629 e. The smallest absolute Gasteiger partial charge is 0.0629 e. The van der Waals surface area contributed by atoms with Crippen LogP contribution in [0.25, 0.3) is 0 Å². The van der Waals surface area contributed by atoms with Gasteiger partial charge in [0.05, 0.1) is 5.69 Å². The minimum Gasteiger partial charge on any atom is -0.257 e. The van der Waals surface area contributed by atoms with E-state index in [0.29, 0.717) is 10.8 Å². The van der Waals surface area contributed by atoms with Crippen LogP contribution >= 0.6 is 0 Å². The molecule has 2 bridgehead atoms. The molecule has 0 spiro atoms. The number of benzene rings is 1. The Morgan fingerprint density at radius 3 is 2.35 bits per heavy atom. The van der Waals surface area contributed by atoms with Crippen molar-refractivity contribution in [2.45, 2.75) is 40.0 Å². The quantitative estimate of drug-likeness (QED) is 0.664. The van der Waals surface area contributed by atoms with Crippen molar-refractivity contribution in [1.82, 2.24) is 0 Å². The Kier molecular flexibility index (Phi) is 2.23. The van der Waals surface area contributed by atoms with Gasteiger partial charge in [0.1, 0.15) is 0 Å². The molecule has 1 aromatic carbocycles. The Hall–Kier alpha value is -1.11. The molecule has 2 aliphatic rings. The fraction of sp³-hybridized carbons (Fsp3) is 0.562. The molecule has 0 saturated heterocycles. The molecule has 2 fully saturated rings. The SMILES string of the molecule is CC1(C)[C@H]2CC[C@]1(C)C(=Nc1ccccc1)C2. The number of hydrogen-bond acceptors (Lipinski definition) is 1. The molecule has 3 rings (SSSR count). The molecule has 2 aliphatic carbocycles. The first-order valence-electron chi connectivity index (χ1n) is 6.67. The van der Waals surface area contributed by atoms with E-state index in [1.54, 1.807) is 0 Å². The van der Waals surface area contributed by atoms with Gasteiger partial charge in [-0.15, -0.1) is 0 Å². The Morgan fingerprint density at radius 2 is 1.82 bits per heavy atom. The molecule has 0 radical (unpaired) electrons. The summed E-state index contributed by atoms with van der Waals surface area (Å²) in [6, 6.07) is 10.4. The van der Waals surface area contributed by atoms with Crippen LogP contribution in [0.1, 0.15) is 40.0 Å². The minimum atomic E-state index is 0.327. The highest BCUT2D eigenvalue weighted by molar-refractivity contribution is 5.96. The monoisotopic (exact) mass is 227 g/mol. The van der Waals surface area contributed by atoms with Gasteiger partial charge in [-0.05, 0) is 42.7 Å². The van der Waals surface area contributed by atoms with E-state index in [1.807, 2.05) is 0 Å². The molecule has 0 amide bonds. The Morgan fingerprint density at radius 1 is 1.12 bits per heavy atom. The largest absolute Gasteiger partial charge is 0.257 e. The molecule has 1 aromatic rings. The van der Waals surface area contributed by atoms with Crippen LogP contribution in [-0.2, 0) is 0 Å². The van der Waals surface area contributed by atoms with Crippen LogP contribution in [-0.4, -0.2) is 5.71 Å². The summed E-state index contributed by atoms with van der Waals surface area (Å²) in [7, 11) is 0. The maximum atomic E-state index is 4.92. The van der Waals surface area contributed by atoms with Crippen LogP contribution in [0, 0.1) is 16.7 Å². The van der Waals surface area contributed by atoms with Gasteiger partial charge in [-0.25, -0.2) is 0 Å². The molecule has 0 aromatic heterocycles. The van der Waals surface area contributed by atoms with Gasteiger partial charge in [0.2, 0.25) is 0 Å². The number of rotatable bonds is 1. The van der Waals surface area contributed by atoms with Crippen molar-refractivity contribution >= 4 is 11.4 Å². The highest BCUT2D eigenvalue weighted by Crippen LogP contribution is 2.64. The zero-order chi connectivity index (χ0) is 12.1. The van der Waals surface area contributed by atoms with Gasteiger partial charge >= 0.3 is 0 Å². The van der Waals surface area contributed by atoms with Crippen LogP contribution in [0.2, 0.25) is 0 Å². The predicted molar refractivity (Wildman–Crippen MR) is 72.8 cm³/mol. The van der Waals surface area contributed by atoms with Crippen molar-refractivity contribution < 1.29 is 0 Å². The van der Waals surface area contributed by atoms with Gasteiger partial charge in [-0.1, -0.05) is 39.0 Å². The molecule has 0 heterocycles. The highest BCUT2D eigenvalue weighted by Gasteiger charge is 2.59. The lowest BCUT2D eigenvalue weighted by molar-refractivity contribution is 0.194. The first kappa shape index (κ1) is 11.0. The van der Waals surface area contributed by atoms with Gasteiger partial charge in [0.15, 0.2) is 0 Å². The normalized spacial score (nSPS) is 36.6. The zero-order valence-corrected chi connectivity index (χ0v) is 11.0.